The van der Waals surface area contributed by atoms with Crippen molar-refractivity contribution in [2.45, 2.75) is 31.2 Å². The van der Waals surface area contributed by atoms with Crippen LogP contribution in [0.4, 0.5) is 0 Å². The zero-order valence-electron chi connectivity index (χ0n) is 13.0. The van der Waals surface area contributed by atoms with Gasteiger partial charge in [0, 0.05) is 23.7 Å². The highest BCUT2D eigenvalue weighted by Gasteiger charge is 2.44. The van der Waals surface area contributed by atoms with Crippen molar-refractivity contribution in [2.75, 3.05) is 5.75 Å². The lowest BCUT2D eigenvalue weighted by atomic mass is 9.69. The standard InChI is InChI=1S/C18H20N4S/c19-17-22-18(7-2-1-5-16(18)11-23-17)15-6-3-4-13(8-15)14-9-20-12-21-10-14/h3-4,6,8-10,12,16H,1-2,5,7,11H2,(H2,19,22). The Labute approximate surface area is 140 Å². The van der Waals surface area contributed by atoms with Crippen LogP contribution < -0.4 is 5.73 Å². The Morgan fingerprint density at radius 2 is 2.00 bits per heavy atom. The van der Waals surface area contributed by atoms with Crippen molar-refractivity contribution in [1.29, 1.82) is 0 Å². The van der Waals surface area contributed by atoms with Crippen molar-refractivity contribution in [1.82, 2.24) is 9.97 Å². The molecule has 0 radical (unpaired) electrons. The van der Waals surface area contributed by atoms with Crippen molar-refractivity contribution in [3.63, 3.8) is 0 Å². The number of hydrogen-bond donors (Lipinski definition) is 1. The molecule has 1 aromatic heterocycles. The first-order valence-electron chi connectivity index (χ1n) is 8.12. The number of amidine groups is 1. The second kappa shape index (κ2) is 5.96. The minimum Gasteiger partial charge on any atom is -0.379 e. The molecule has 4 nitrogen and oxygen atoms in total. The predicted molar refractivity (Wildman–Crippen MR) is 95.2 cm³/mol. The molecule has 4 rings (SSSR count). The fraction of sp³-hybridized carbons (Fsp3) is 0.389. The van der Waals surface area contributed by atoms with Crippen LogP contribution in [0.3, 0.4) is 0 Å². The topological polar surface area (TPSA) is 64.2 Å². The Morgan fingerprint density at radius 3 is 2.87 bits per heavy atom. The zero-order valence-corrected chi connectivity index (χ0v) is 13.8. The van der Waals surface area contributed by atoms with Crippen LogP contribution in [0.5, 0.6) is 0 Å². The van der Waals surface area contributed by atoms with Gasteiger partial charge in [-0.2, -0.15) is 0 Å². The number of thioether (sulfide) groups is 1. The van der Waals surface area contributed by atoms with Gasteiger partial charge in [0.1, 0.15) is 6.33 Å². The molecule has 2 heterocycles. The smallest absolute Gasteiger partial charge is 0.154 e. The lowest BCUT2D eigenvalue weighted by Gasteiger charge is -2.44. The number of nitrogens with zero attached hydrogens (tertiary/aromatic N) is 3. The molecule has 23 heavy (non-hydrogen) atoms. The first-order valence-corrected chi connectivity index (χ1v) is 9.10. The third-order valence-corrected chi connectivity index (χ3v) is 5.99. The molecular weight excluding hydrogens is 304 g/mol. The fourth-order valence-electron chi connectivity index (χ4n) is 3.87. The summed E-state index contributed by atoms with van der Waals surface area (Å²) < 4.78 is 0. The molecule has 2 atom stereocenters. The second-order valence-electron chi connectivity index (χ2n) is 6.34. The maximum atomic E-state index is 6.11. The first-order chi connectivity index (χ1) is 11.3. The zero-order chi connectivity index (χ0) is 15.7. The van der Waals surface area contributed by atoms with Gasteiger partial charge < -0.3 is 5.73 Å². The van der Waals surface area contributed by atoms with E-state index in [1.54, 1.807) is 18.1 Å². The van der Waals surface area contributed by atoms with Crippen LogP contribution in [0.15, 0.2) is 48.0 Å². The molecule has 2 aromatic rings. The summed E-state index contributed by atoms with van der Waals surface area (Å²) in [7, 11) is 0. The highest BCUT2D eigenvalue weighted by atomic mass is 32.2. The molecule has 2 aliphatic rings. The number of aliphatic imine (C=N–C) groups is 1. The molecule has 2 N–H and O–H groups in total. The summed E-state index contributed by atoms with van der Waals surface area (Å²) in [4.78, 5) is 13.2. The quantitative estimate of drug-likeness (QED) is 0.917. The van der Waals surface area contributed by atoms with Crippen LogP contribution in [0.2, 0.25) is 0 Å². The minimum atomic E-state index is -0.140. The molecule has 1 aliphatic carbocycles. The molecule has 1 aliphatic heterocycles. The number of aromatic nitrogens is 2. The van der Waals surface area contributed by atoms with Gasteiger partial charge in [0.25, 0.3) is 0 Å². The molecule has 118 valence electrons. The van der Waals surface area contributed by atoms with E-state index in [2.05, 4.69) is 34.2 Å². The lowest BCUT2D eigenvalue weighted by Crippen LogP contribution is -2.42. The third-order valence-electron chi connectivity index (χ3n) is 5.03. The number of nitrogens with two attached hydrogens (primary N) is 1. The van der Waals surface area contributed by atoms with Crippen molar-refractivity contribution < 1.29 is 0 Å². The summed E-state index contributed by atoms with van der Waals surface area (Å²) in [5, 5.41) is 0.733. The van der Waals surface area contributed by atoms with Gasteiger partial charge in [-0.05, 0) is 36.0 Å². The minimum absolute atomic E-state index is 0.140. The second-order valence-corrected chi connectivity index (χ2v) is 7.38. The Morgan fingerprint density at radius 1 is 1.13 bits per heavy atom. The first kappa shape index (κ1) is 14.7. The molecule has 5 heteroatoms. The van der Waals surface area contributed by atoms with Crippen molar-refractivity contribution in [3.8, 4) is 11.1 Å². The van der Waals surface area contributed by atoms with Crippen LogP contribution in [0.25, 0.3) is 11.1 Å². The van der Waals surface area contributed by atoms with Gasteiger partial charge in [-0.1, -0.05) is 42.8 Å². The average Bonchev–Trinajstić information content (AvgIpc) is 2.62. The molecule has 2 unspecified atom stereocenters. The van der Waals surface area contributed by atoms with Crippen LogP contribution in [-0.4, -0.2) is 20.9 Å². The Hall–Kier alpha value is -1.88. The number of hydrogen-bond acceptors (Lipinski definition) is 5. The van der Waals surface area contributed by atoms with Gasteiger partial charge >= 0.3 is 0 Å². The van der Waals surface area contributed by atoms with Crippen LogP contribution >= 0.6 is 11.8 Å². The van der Waals surface area contributed by atoms with Crippen LogP contribution in [0.1, 0.15) is 31.2 Å². The number of benzene rings is 1. The Bertz CT molecular complexity index is 731. The van der Waals surface area contributed by atoms with Gasteiger partial charge in [0.15, 0.2) is 5.17 Å². The highest BCUT2D eigenvalue weighted by molar-refractivity contribution is 8.13. The van der Waals surface area contributed by atoms with Gasteiger partial charge in [-0.15, -0.1) is 0 Å². The Kier molecular flexibility index (Phi) is 3.81. The number of rotatable bonds is 2. The monoisotopic (exact) mass is 324 g/mol. The third kappa shape index (κ3) is 2.63. The van der Waals surface area contributed by atoms with Crippen molar-refractivity contribution in [3.05, 3.63) is 48.5 Å². The molecule has 0 spiro atoms. The van der Waals surface area contributed by atoms with E-state index in [4.69, 9.17) is 10.7 Å². The summed E-state index contributed by atoms with van der Waals surface area (Å²) in [5.74, 6) is 1.66. The van der Waals surface area contributed by atoms with E-state index in [0.29, 0.717) is 5.92 Å². The molecule has 0 saturated heterocycles. The van der Waals surface area contributed by atoms with E-state index in [0.717, 1.165) is 28.5 Å². The van der Waals surface area contributed by atoms with E-state index in [1.807, 2.05) is 12.4 Å². The van der Waals surface area contributed by atoms with E-state index in [1.165, 1.54) is 24.8 Å². The van der Waals surface area contributed by atoms with E-state index in [-0.39, 0.29) is 5.54 Å². The average molecular weight is 324 g/mol. The van der Waals surface area contributed by atoms with Crippen molar-refractivity contribution in [2.24, 2.45) is 16.6 Å². The molecule has 1 fully saturated rings. The van der Waals surface area contributed by atoms with E-state index in [9.17, 15) is 0 Å². The lowest BCUT2D eigenvalue weighted by molar-refractivity contribution is 0.212. The summed E-state index contributed by atoms with van der Waals surface area (Å²) in [6, 6.07) is 8.69. The molecule has 1 saturated carbocycles. The highest BCUT2D eigenvalue weighted by Crippen LogP contribution is 2.49. The molecule has 0 bridgehead atoms. The molecular formula is C18H20N4S. The summed E-state index contributed by atoms with van der Waals surface area (Å²) >= 11 is 1.71. The predicted octanol–water partition coefficient (Wildman–Crippen LogP) is 3.59. The summed E-state index contributed by atoms with van der Waals surface area (Å²) in [6.07, 6.45) is 10.1. The maximum absolute atomic E-state index is 6.11. The van der Waals surface area contributed by atoms with Gasteiger partial charge in [0.2, 0.25) is 0 Å². The van der Waals surface area contributed by atoms with Crippen LogP contribution in [-0.2, 0) is 5.54 Å². The molecule has 1 aromatic carbocycles. The fourth-order valence-corrected chi connectivity index (χ4v) is 4.91. The SMILES string of the molecule is NC1=NC2(c3cccc(-c4cncnc4)c3)CCCCC2CS1. The maximum Gasteiger partial charge on any atom is 0.154 e. The van der Waals surface area contributed by atoms with E-state index < -0.39 is 0 Å². The Balaban J connectivity index is 1.81. The van der Waals surface area contributed by atoms with E-state index >= 15 is 0 Å². The normalized spacial score (nSPS) is 27.1. The number of fused-ring (bicyclic) bond motifs is 1. The van der Waals surface area contributed by atoms with Crippen LogP contribution in [0, 0.1) is 5.92 Å². The summed E-state index contributed by atoms with van der Waals surface area (Å²) in [5.41, 5.74) is 9.44. The van der Waals surface area contributed by atoms with Gasteiger partial charge in [-0.25, -0.2) is 9.97 Å². The van der Waals surface area contributed by atoms with Crippen molar-refractivity contribution >= 4 is 16.9 Å². The molecule has 0 amide bonds. The van der Waals surface area contributed by atoms with Gasteiger partial charge in [-0.3, -0.25) is 4.99 Å². The largest absolute Gasteiger partial charge is 0.379 e. The van der Waals surface area contributed by atoms with Gasteiger partial charge in [0.05, 0.1) is 5.54 Å². The summed E-state index contributed by atoms with van der Waals surface area (Å²) in [6.45, 7) is 0.